The predicted molar refractivity (Wildman–Crippen MR) is 102 cm³/mol. The normalized spacial score (nSPS) is 15.6. The summed E-state index contributed by atoms with van der Waals surface area (Å²) in [6.45, 7) is 3.23. The Morgan fingerprint density at radius 2 is 1.92 bits per heavy atom. The molecular weight excluding hydrogens is 355 g/mol. The maximum atomic E-state index is 14.7. The van der Waals surface area contributed by atoms with Gasteiger partial charge in [-0.05, 0) is 31.3 Å². The molecule has 7 heteroatoms. The van der Waals surface area contributed by atoms with Crippen molar-refractivity contribution >= 4 is 28.2 Å². The van der Waals surface area contributed by atoms with Gasteiger partial charge in [-0.2, -0.15) is 0 Å². The van der Waals surface area contributed by atoms with Gasteiger partial charge in [-0.3, -0.25) is 4.79 Å². The predicted octanol–water partition coefficient (Wildman–Crippen LogP) is 3.13. The maximum Gasteiger partial charge on any atom is 0.256 e. The molecule has 1 aliphatic rings. The van der Waals surface area contributed by atoms with Crippen LogP contribution in [-0.2, 0) is 0 Å². The molecule has 0 amide bonds. The molecule has 0 radical (unpaired) electrons. The van der Waals surface area contributed by atoms with Crippen molar-refractivity contribution in [3.63, 3.8) is 0 Å². The summed E-state index contributed by atoms with van der Waals surface area (Å²) in [5.41, 5.74) is 0.745. The second kappa shape index (κ2) is 6.70. The Hall–Kier alpha value is -2.44. The lowest BCUT2D eigenvalue weighted by atomic mass is 10.1. The number of nitrogens with zero attached hydrogens (tertiary/aromatic N) is 3. The lowest BCUT2D eigenvalue weighted by Crippen LogP contribution is -2.45. The Balaban J connectivity index is 1.73. The second-order valence-corrected chi connectivity index (χ2v) is 6.94. The summed E-state index contributed by atoms with van der Waals surface area (Å²) in [5, 5.41) is 1.62. The van der Waals surface area contributed by atoms with E-state index in [2.05, 4.69) is 14.9 Å². The van der Waals surface area contributed by atoms with Crippen molar-refractivity contribution in [3.8, 4) is 11.3 Å². The zero-order valence-corrected chi connectivity index (χ0v) is 15.1. The highest BCUT2D eigenvalue weighted by Crippen LogP contribution is 2.27. The minimum atomic E-state index is -0.396. The van der Waals surface area contributed by atoms with Crippen LogP contribution in [0.3, 0.4) is 0 Å². The first-order chi connectivity index (χ1) is 12.5. The summed E-state index contributed by atoms with van der Waals surface area (Å²) in [6, 6.07) is 8.33. The van der Waals surface area contributed by atoms with E-state index in [1.54, 1.807) is 30.5 Å². The number of hydrogen-bond acceptors (Lipinski definition) is 4. The SMILES string of the molecule is CN1CCN(c2ncc(-c3cc4c(Cl)cccc4c(=O)[nH]3)cc2F)CC1. The van der Waals surface area contributed by atoms with Gasteiger partial charge < -0.3 is 14.8 Å². The van der Waals surface area contributed by atoms with Gasteiger partial charge >= 0.3 is 0 Å². The van der Waals surface area contributed by atoms with Crippen molar-refractivity contribution < 1.29 is 4.39 Å². The van der Waals surface area contributed by atoms with E-state index >= 15 is 0 Å². The third kappa shape index (κ3) is 3.06. The van der Waals surface area contributed by atoms with Crippen molar-refractivity contribution in [2.24, 2.45) is 0 Å². The molecule has 1 aromatic carbocycles. The molecule has 4 rings (SSSR count). The number of H-pyrrole nitrogens is 1. The van der Waals surface area contributed by atoms with Crippen molar-refractivity contribution in [2.45, 2.75) is 0 Å². The highest BCUT2D eigenvalue weighted by Gasteiger charge is 2.19. The molecule has 0 aliphatic carbocycles. The Kier molecular flexibility index (Phi) is 4.38. The van der Waals surface area contributed by atoms with Crippen molar-refractivity contribution in [1.29, 1.82) is 0 Å². The zero-order valence-electron chi connectivity index (χ0n) is 14.3. The third-order valence-electron chi connectivity index (χ3n) is 4.77. The quantitative estimate of drug-likeness (QED) is 0.751. The van der Waals surface area contributed by atoms with Crippen LogP contribution < -0.4 is 10.5 Å². The fraction of sp³-hybridized carbons (Fsp3) is 0.263. The van der Waals surface area contributed by atoms with Crippen LogP contribution in [0.2, 0.25) is 5.02 Å². The topological polar surface area (TPSA) is 52.2 Å². The third-order valence-corrected chi connectivity index (χ3v) is 5.10. The van der Waals surface area contributed by atoms with E-state index in [1.165, 1.54) is 6.07 Å². The van der Waals surface area contributed by atoms with Gasteiger partial charge in [0, 0.05) is 53.7 Å². The lowest BCUT2D eigenvalue weighted by molar-refractivity contribution is 0.310. The molecule has 1 saturated heterocycles. The van der Waals surface area contributed by atoms with Crippen molar-refractivity contribution in [3.05, 3.63) is 57.7 Å². The van der Waals surface area contributed by atoms with Crippen LogP contribution in [-0.4, -0.2) is 48.1 Å². The van der Waals surface area contributed by atoms with Crippen molar-refractivity contribution in [1.82, 2.24) is 14.9 Å². The second-order valence-electron chi connectivity index (χ2n) is 6.53. The maximum absolute atomic E-state index is 14.7. The van der Waals surface area contributed by atoms with E-state index in [0.717, 1.165) is 26.2 Å². The van der Waals surface area contributed by atoms with Gasteiger partial charge in [-0.15, -0.1) is 0 Å². The van der Waals surface area contributed by atoms with E-state index < -0.39 is 5.82 Å². The molecule has 3 aromatic rings. The number of aromatic nitrogens is 2. The molecule has 2 aromatic heterocycles. The smallest absolute Gasteiger partial charge is 0.256 e. The van der Waals surface area contributed by atoms with Gasteiger partial charge in [0.2, 0.25) is 0 Å². The van der Waals surface area contributed by atoms with Crippen molar-refractivity contribution in [2.75, 3.05) is 38.1 Å². The van der Waals surface area contributed by atoms with Crippen LogP contribution in [0.25, 0.3) is 22.0 Å². The number of piperazine rings is 1. The number of hydrogen-bond donors (Lipinski definition) is 1. The minimum Gasteiger partial charge on any atom is -0.352 e. The summed E-state index contributed by atoms with van der Waals surface area (Å²) >= 11 is 6.21. The average Bonchev–Trinajstić information content (AvgIpc) is 2.63. The number of benzene rings is 1. The molecule has 26 heavy (non-hydrogen) atoms. The van der Waals surface area contributed by atoms with Crippen LogP contribution in [0.1, 0.15) is 0 Å². The van der Waals surface area contributed by atoms with Crippen LogP contribution in [0.4, 0.5) is 10.2 Å². The van der Waals surface area contributed by atoms with Crippen LogP contribution in [0.15, 0.2) is 41.3 Å². The first kappa shape index (κ1) is 17.0. The van der Waals surface area contributed by atoms with Gasteiger partial charge in [-0.25, -0.2) is 9.37 Å². The number of likely N-dealkylation sites (N-methyl/N-ethyl adjacent to an activating group) is 1. The summed E-state index contributed by atoms with van der Waals surface area (Å²) in [6.07, 6.45) is 1.59. The molecule has 0 saturated carbocycles. The minimum absolute atomic E-state index is 0.261. The van der Waals surface area contributed by atoms with E-state index in [-0.39, 0.29) is 5.56 Å². The fourth-order valence-corrected chi connectivity index (χ4v) is 3.47. The van der Waals surface area contributed by atoms with Crippen LogP contribution in [0, 0.1) is 5.82 Å². The number of nitrogens with one attached hydrogen (secondary N) is 1. The van der Waals surface area contributed by atoms with E-state index in [4.69, 9.17) is 11.6 Å². The Morgan fingerprint density at radius 3 is 2.65 bits per heavy atom. The summed E-state index contributed by atoms with van der Waals surface area (Å²) in [5.74, 6) is -0.0461. The molecule has 134 valence electrons. The molecule has 0 spiro atoms. The Labute approximate surface area is 155 Å². The van der Waals surface area contributed by atoms with Crippen LogP contribution in [0.5, 0.6) is 0 Å². The van der Waals surface area contributed by atoms with E-state index in [1.807, 2.05) is 11.9 Å². The molecule has 1 aliphatic heterocycles. The van der Waals surface area contributed by atoms with Gasteiger partial charge in [0.25, 0.3) is 5.56 Å². The number of aromatic amines is 1. The van der Waals surface area contributed by atoms with Gasteiger partial charge in [0.05, 0.1) is 5.69 Å². The summed E-state index contributed by atoms with van der Waals surface area (Å²) in [7, 11) is 2.05. The largest absolute Gasteiger partial charge is 0.352 e. The molecule has 0 atom stereocenters. The standard InChI is InChI=1S/C19H18ClFN4O/c1-24-5-7-25(8-6-24)18-16(21)9-12(11-22-18)17-10-14-13(19(26)23-17)3-2-4-15(14)20/h2-4,9-11H,5-8H2,1H3,(H,23,26). The highest BCUT2D eigenvalue weighted by molar-refractivity contribution is 6.35. The molecule has 5 nitrogen and oxygen atoms in total. The molecular formula is C19H18ClFN4O. The molecule has 1 fully saturated rings. The molecule has 3 heterocycles. The average molecular weight is 373 g/mol. The fourth-order valence-electron chi connectivity index (χ4n) is 3.24. The zero-order chi connectivity index (χ0) is 18.3. The monoisotopic (exact) mass is 372 g/mol. The molecule has 0 bridgehead atoms. The van der Waals surface area contributed by atoms with E-state index in [9.17, 15) is 9.18 Å². The van der Waals surface area contributed by atoms with E-state index in [0.29, 0.717) is 32.9 Å². The number of anilines is 1. The summed E-state index contributed by atoms with van der Waals surface area (Å²) in [4.78, 5) is 23.6. The number of halogens is 2. The van der Waals surface area contributed by atoms with Crippen LogP contribution >= 0.6 is 11.6 Å². The van der Waals surface area contributed by atoms with Gasteiger partial charge in [0.1, 0.15) is 0 Å². The van der Waals surface area contributed by atoms with Gasteiger partial charge in [0.15, 0.2) is 11.6 Å². The Morgan fingerprint density at radius 1 is 1.15 bits per heavy atom. The summed E-state index contributed by atoms with van der Waals surface area (Å²) < 4.78 is 14.7. The highest BCUT2D eigenvalue weighted by atomic mass is 35.5. The Bertz CT molecular complexity index is 1030. The molecule has 0 unspecified atom stereocenters. The molecule has 1 N–H and O–H groups in total. The number of rotatable bonds is 2. The first-order valence-electron chi connectivity index (χ1n) is 8.44. The number of pyridine rings is 2. The first-order valence-corrected chi connectivity index (χ1v) is 8.81. The number of fused-ring (bicyclic) bond motifs is 1. The van der Waals surface area contributed by atoms with Gasteiger partial charge in [-0.1, -0.05) is 17.7 Å². The lowest BCUT2D eigenvalue weighted by Gasteiger charge is -2.33.